The molecule has 4 nitrogen and oxygen atoms in total. The van der Waals surface area contributed by atoms with E-state index in [0.717, 1.165) is 36.8 Å². The second-order valence-electron chi connectivity index (χ2n) is 7.56. The third kappa shape index (κ3) is 7.56. The normalized spacial score (nSPS) is 18.8. The van der Waals surface area contributed by atoms with E-state index in [4.69, 9.17) is 46.4 Å². The lowest BCUT2D eigenvalue weighted by atomic mass is 9.91. The van der Waals surface area contributed by atoms with Gasteiger partial charge < -0.3 is 10.6 Å². The number of hydrogen-bond donors (Lipinski definition) is 2. The van der Waals surface area contributed by atoms with E-state index in [9.17, 15) is 9.59 Å². The Morgan fingerprint density at radius 3 is 1.41 bits per heavy atom. The minimum Gasteiger partial charge on any atom is -0.350 e. The summed E-state index contributed by atoms with van der Waals surface area (Å²) in [5, 5.41) is 8.08. The van der Waals surface area contributed by atoms with Crippen LogP contribution in [0, 0.1) is 0 Å². The van der Waals surface area contributed by atoms with Gasteiger partial charge in [-0.25, -0.2) is 0 Å². The zero-order valence-electron chi connectivity index (χ0n) is 17.1. The molecule has 0 aromatic heterocycles. The monoisotopic (exact) mass is 510 g/mol. The number of carbonyl (C=O) groups excluding carboxylic acids is 2. The molecule has 0 bridgehead atoms. The summed E-state index contributed by atoms with van der Waals surface area (Å²) in [7, 11) is 0. The van der Waals surface area contributed by atoms with Crippen molar-refractivity contribution in [2.24, 2.45) is 0 Å². The van der Waals surface area contributed by atoms with Crippen molar-refractivity contribution >= 4 is 70.4 Å². The molecule has 0 heterocycles. The van der Waals surface area contributed by atoms with Crippen LogP contribution in [0.25, 0.3) is 12.2 Å². The van der Waals surface area contributed by atoms with E-state index < -0.39 is 0 Å². The van der Waals surface area contributed by atoms with Crippen molar-refractivity contribution < 1.29 is 9.59 Å². The molecule has 3 rings (SSSR count). The van der Waals surface area contributed by atoms with Crippen LogP contribution >= 0.6 is 46.4 Å². The van der Waals surface area contributed by atoms with Crippen LogP contribution in [0.15, 0.2) is 48.6 Å². The summed E-state index contributed by atoms with van der Waals surface area (Å²) in [6, 6.07) is 10.4. The van der Waals surface area contributed by atoms with Crippen molar-refractivity contribution in [3.8, 4) is 0 Å². The van der Waals surface area contributed by atoms with Gasteiger partial charge in [0.25, 0.3) is 0 Å². The molecule has 0 spiro atoms. The second kappa shape index (κ2) is 11.8. The molecule has 0 unspecified atom stereocenters. The summed E-state index contributed by atoms with van der Waals surface area (Å²) in [5.74, 6) is -0.349. The number of hydrogen-bond acceptors (Lipinski definition) is 2. The van der Waals surface area contributed by atoms with Gasteiger partial charge in [0.15, 0.2) is 0 Å². The Morgan fingerprint density at radius 2 is 1.06 bits per heavy atom. The van der Waals surface area contributed by atoms with E-state index in [1.165, 1.54) is 12.2 Å². The predicted molar refractivity (Wildman–Crippen MR) is 133 cm³/mol. The first kappa shape index (κ1) is 24.7. The molecule has 1 saturated carbocycles. The zero-order chi connectivity index (χ0) is 23.1. The van der Waals surface area contributed by atoms with Crippen LogP contribution in [0.4, 0.5) is 0 Å². The topological polar surface area (TPSA) is 58.2 Å². The highest BCUT2D eigenvalue weighted by Gasteiger charge is 2.22. The Hall–Kier alpha value is -1.98. The second-order valence-corrected chi connectivity index (χ2v) is 9.25. The SMILES string of the molecule is O=C(/C=C/c1ccc(Cl)cc1Cl)NC1CCC(NC(=O)/C=C/c2ccc(Cl)cc2Cl)CC1. The summed E-state index contributed by atoms with van der Waals surface area (Å²) in [5.41, 5.74) is 1.45. The van der Waals surface area contributed by atoms with Gasteiger partial charge >= 0.3 is 0 Å². The Morgan fingerprint density at radius 1 is 0.688 bits per heavy atom. The van der Waals surface area contributed by atoms with Crippen LogP contribution in [0.2, 0.25) is 20.1 Å². The van der Waals surface area contributed by atoms with Crippen LogP contribution in [0.5, 0.6) is 0 Å². The Kier molecular flexibility index (Phi) is 9.06. The average molecular weight is 512 g/mol. The Balaban J connectivity index is 1.42. The van der Waals surface area contributed by atoms with Gasteiger partial charge in [-0.2, -0.15) is 0 Å². The van der Waals surface area contributed by atoms with Gasteiger partial charge in [-0.05, 0) is 73.2 Å². The van der Waals surface area contributed by atoms with E-state index >= 15 is 0 Å². The summed E-state index contributed by atoms with van der Waals surface area (Å²) in [6.45, 7) is 0. The van der Waals surface area contributed by atoms with Crippen LogP contribution in [-0.2, 0) is 9.59 Å². The fourth-order valence-corrected chi connectivity index (χ4v) is 4.43. The van der Waals surface area contributed by atoms with Gasteiger partial charge in [0.1, 0.15) is 0 Å². The highest BCUT2D eigenvalue weighted by molar-refractivity contribution is 6.36. The fraction of sp³-hybridized carbons (Fsp3) is 0.250. The maximum Gasteiger partial charge on any atom is 0.244 e. The molecule has 8 heteroatoms. The maximum atomic E-state index is 12.2. The third-order valence-corrected chi connectivity index (χ3v) is 6.30. The van der Waals surface area contributed by atoms with Gasteiger partial charge in [0.2, 0.25) is 11.8 Å². The van der Waals surface area contributed by atoms with E-state index in [1.807, 2.05) is 0 Å². The number of nitrogens with one attached hydrogen (secondary N) is 2. The van der Waals surface area contributed by atoms with Crippen molar-refractivity contribution in [1.82, 2.24) is 10.6 Å². The number of amides is 2. The van der Waals surface area contributed by atoms with E-state index in [2.05, 4.69) is 10.6 Å². The fourth-order valence-electron chi connectivity index (χ4n) is 3.48. The van der Waals surface area contributed by atoms with Crippen molar-refractivity contribution in [2.75, 3.05) is 0 Å². The molecule has 2 amide bonds. The van der Waals surface area contributed by atoms with Crippen molar-refractivity contribution in [2.45, 2.75) is 37.8 Å². The van der Waals surface area contributed by atoms with E-state index in [-0.39, 0.29) is 23.9 Å². The molecular formula is C24H22Cl4N2O2. The number of carbonyl (C=O) groups is 2. The molecule has 0 radical (unpaired) electrons. The van der Waals surface area contributed by atoms with Gasteiger partial charge in [0, 0.05) is 44.3 Å². The number of rotatable bonds is 6. The van der Waals surface area contributed by atoms with Crippen LogP contribution in [-0.4, -0.2) is 23.9 Å². The minimum absolute atomic E-state index is 0.0735. The molecule has 2 N–H and O–H groups in total. The molecule has 168 valence electrons. The quantitative estimate of drug-likeness (QED) is 0.431. The molecular weight excluding hydrogens is 490 g/mol. The number of halogens is 4. The average Bonchev–Trinajstić information content (AvgIpc) is 2.74. The molecule has 1 aliphatic rings. The zero-order valence-corrected chi connectivity index (χ0v) is 20.1. The smallest absolute Gasteiger partial charge is 0.244 e. The van der Waals surface area contributed by atoms with Crippen LogP contribution in [0.1, 0.15) is 36.8 Å². The predicted octanol–water partition coefficient (Wildman–Crippen LogP) is 6.57. The van der Waals surface area contributed by atoms with Crippen molar-refractivity contribution in [3.05, 3.63) is 79.8 Å². The summed E-state index contributed by atoms with van der Waals surface area (Å²) in [4.78, 5) is 24.5. The Labute approximate surface area is 207 Å². The molecule has 1 aliphatic carbocycles. The highest BCUT2D eigenvalue weighted by atomic mass is 35.5. The molecule has 1 fully saturated rings. The lowest BCUT2D eigenvalue weighted by molar-refractivity contribution is -0.118. The summed E-state index contributed by atoms with van der Waals surface area (Å²) < 4.78 is 0. The standard InChI is InChI=1S/C24H22Cl4N2O2/c25-17-5-1-15(21(27)13-17)3-11-23(31)29-19-7-9-20(10-8-19)30-24(32)12-4-16-2-6-18(26)14-22(16)28/h1-6,11-14,19-20H,7-10H2,(H,29,31)(H,30,32)/b11-3+,12-4+. The van der Waals surface area contributed by atoms with Gasteiger partial charge in [-0.3, -0.25) is 9.59 Å². The van der Waals surface area contributed by atoms with E-state index in [0.29, 0.717) is 20.1 Å². The van der Waals surface area contributed by atoms with Crippen LogP contribution in [0.3, 0.4) is 0 Å². The Bertz CT molecular complexity index is 961. The van der Waals surface area contributed by atoms with E-state index in [1.54, 1.807) is 48.6 Å². The third-order valence-electron chi connectivity index (χ3n) is 5.17. The summed E-state index contributed by atoms with van der Waals surface area (Å²) in [6.07, 6.45) is 9.43. The van der Waals surface area contributed by atoms with Gasteiger partial charge in [-0.15, -0.1) is 0 Å². The molecule has 32 heavy (non-hydrogen) atoms. The molecule has 2 aromatic rings. The molecule has 0 saturated heterocycles. The largest absolute Gasteiger partial charge is 0.350 e. The number of benzene rings is 2. The minimum atomic E-state index is -0.175. The first-order valence-corrected chi connectivity index (χ1v) is 11.7. The van der Waals surface area contributed by atoms with Crippen LogP contribution < -0.4 is 10.6 Å². The molecule has 0 atom stereocenters. The molecule has 2 aromatic carbocycles. The first-order valence-electron chi connectivity index (χ1n) is 10.2. The lowest BCUT2D eigenvalue weighted by Crippen LogP contribution is -2.43. The lowest BCUT2D eigenvalue weighted by Gasteiger charge is -2.29. The first-order chi connectivity index (χ1) is 15.3. The maximum absolute atomic E-state index is 12.2. The van der Waals surface area contributed by atoms with Crippen molar-refractivity contribution in [1.29, 1.82) is 0 Å². The van der Waals surface area contributed by atoms with Gasteiger partial charge in [-0.1, -0.05) is 58.5 Å². The van der Waals surface area contributed by atoms with Crippen molar-refractivity contribution in [3.63, 3.8) is 0 Å². The summed E-state index contributed by atoms with van der Waals surface area (Å²) >= 11 is 24.0. The molecule has 0 aliphatic heterocycles. The van der Waals surface area contributed by atoms with Gasteiger partial charge in [0.05, 0.1) is 0 Å². The highest BCUT2D eigenvalue weighted by Crippen LogP contribution is 2.23.